The fraction of sp³-hybridized carbons (Fsp3) is 0.269. The third kappa shape index (κ3) is 5.54. The summed E-state index contributed by atoms with van der Waals surface area (Å²) < 4.78 is 6.32. The fourth-order valence-corrected chi connectivity index (χ4v) is 7.42. The van der Waals surface area contributed by atoms with Gasteiger partial charge in [-0.3, -0.25) is 4.79 Å². The Labute approximate surface area is 226 Å². The van der Waals surface area contributed by atoms with Crippen LogP contribution in [0.2, 0.25) is 5.02 Å². The number of thiophene rings is 1. The monoisotopic (exact) mass is 557 g/mol. The second kappa shape index (κ2) is 11.2. The first-order valence-electron chi connectivity index (χ1n) is 11.6. The minimum absolute atomic E-state index is 0.0420. The molecular weight excluding hydrogens is 534 g/mol. The average Bonchev–Trinajstić information content (AvgIpc) is 3.45. The van der Waals surface area contributed by atoms with Crippen molar-refractivity contribution in [3.05, 3.63) is 64.0 Å². The number of thioether (sulfide) groups is 1. The average molecular weight is 558 g/mol. The van der Waals surface area contributed by atoms with Crippen molar-refractivity contribution in [2.75, 3.05) is 24.2 Å². The molecule has 0 atom stereocenters. The first-order valence-corrected chi connectivity index (χ1v) is 14.6. The van der Waals surface area contributed by atoms with Crippen LogP contribution >= 0.6 is 46.0 Å². The zero-order chi connectivity index (χ0) is 25.1. The second-order valence-corrected chi connectivity index (χ2v) is 11.9. The van der Waals surface area contributed by atoms with E-state index in [1.54, 1.807) is 28.0 Å². The first-order chi connectivity index (χ1) is 17.5. The largest absolute Gasteiger partial charge is 0.450 e. The number of amides is 2. The number of aromatic nitrogens is 1. The molecular formula is C26H24ClN3O3S3. The number of thiazole rings is 1. The maximum atomic E-state index is 12.9. The van der Waals surface area contributed by atoms with Gasteiger partial charge in [-0.25, -0.2) is 9.78 Å². The highest BCUT2D eigenvalue weighted by Crippen LogP contribution is 2.45. The number of benzene rings is 2. The van der Waals surface area contributed by atoms with Crippen molar-refractivity contribution < 1.29 is 14.3 Å². The summed E-state index contributed by atoms with van der Waals surface area (Å²) in [7, 11) is 0. The van der Waals surface area contributed by atoms with E-state index in [-0.39, 0.29) is 12.0 Å². The topological polar surface area (TPSA) is 71.5 Å². The van der Waals surface area contributed by atoms with E-state index in [2.05, 4.69) is 11.4 Å². The Balaban J connectivity index is 1.38. The molecule has 2 aromatic heterocycles. The lowest BCUT2D eigenvalue weighted by Gasteiger charge is -2.26. The van der Waals surface area contributed by atoms with Gasteiger partial charge in [0.2, 0.25) is 5.91 Å². The van der Waals surface area contributed by atoms with Gasteiger partial charge in [0.25, 0.3) is 0 Å². The van der Waals surface area contributed by atoms with E-state index in [1.165, 1.54) is 11.3 Å². The molecule has 3 heterocycles. The van der Waals surface area contributed by atoms with E-state index >= 15 is 0 Å². The summed E-state index contributed by atoms with van der Waals surface area (Å²) in [4.78, 5) is 34.0. The Morgan fingerprint density at radius 2 is 1.97 bits per heavy atom. The molecule has 2 aromatic carbocycles. The molecule has 0 saturated carbocycles. The molecule has 0 unspecified atom stereocenters. The van der Waals surface area contributed by atoms with Crippen LogP contribution in [0.5, 0.6) is 0 Å². The number of rotatable bonds is 7. The van der Waals surface area contributed by atoms with Gasteiger partial charge in [-0.15, -0.1) is 34.4 Å². The number of hydrogen-bond donors (Lipinski definition) is 1. The molecule has 1 N–H and O–H groups in total. The Kier molecular flexibility index (Phi) is 7.81. The molecule has 5 rings (SSSR count). The summed E-state index contributed by atoms with van der Waals surface area (Å²) in [5.74, 6) is 0.616. The van der Waals surface area contributed by atoms with Gasteiger partial charge in [-0.2, -0.15) is 0 Å². The summed E-state index contributed by atoms with van der Waals surface area (Å²) >= 11 is 10.7. The molecule has 1 aliphatic heterocycles. The van der Waals surface area contributed by atoms with Crippen LogP contribution in [0.25, 0.3) is 20.8 Å². The van der Waals surface area contributed by atoms with Gasteiger partial charge < -0.3 is 15.0 Å². The predicted molar refractivity (Wildman–Crippen MR) is 149 cm³/mol. The number of nitrogens with zero attached hydrogens (tertiary/aromatic N) is 2. The van der Waals surface area contributed by atoms with Gasteiger partial charge >= 0.3 is 6.09 Å². The van der Waals surface area contributed by atoms with E-state index < -0.39 is 0 Å². The number of fused-ring (bicyclic) bond motifs is 2. The third-order valence-corrected chi connectivity index (χ3v) is 9.21. The standard InChI is InChI=1S/C26H24ClN3O3S3/c1-2-33-26(32)30-13-11-18-21(15-30)36-25(23(18)24-28-19-5-3-4-6-20(19)35-24)29-22(31)12-14-34-17-9-7-16(27)8-10-17/h3-10H,2,11-15H2,1H3,(H,29,31). The molecule has 0 bridgehead atoms. The van der Waals surface area contributed by atoms with Gasteiger partial charge in [0.1, 0.15) is 10.0 Å². The molecule has 0 radical (unpaired) electrons. The highest BCUT2D eigenvalue weighted by atomic mass is 35.5. The Hall–Kier alpha value is -2.59. The third-order valence-electron chi connectivity index (χ3n) is 5.76. The molecule has 2 amide bonds. The number of carbonyl (C=O) groups is 2. The zero-order valence-electron chi connectivity index (χ0n) is 19.6. The number of halogens is 1. The smallest absolute Gasteiger partial charge is 0.410 e. The molecule has 186 valence electrons. The summed E-state index contributed by atoms with van der Waals surface area (Å²) in [6.45, 7) is 3.20. The van der Waals surface area contributed by atoms with E-state index in [9.17, 15) is 9.59 Å². The van der Waals surface area contributed by atoms with Crippen LogP contribution < -0.4 is 5.32 Å². The van der Waals surface area contributed by atoms with E-state index in [4.69, 9.17) is 21.3 Å². The molecule has 0 spiro atoms. The molecule has 10 heteroatoms. The van der Waals surface area contributed by atoms with Crippen molar-refractivity contribution >= 4 is 73.3 Å². The van der Waals surface area contributed by atoms with Crippen molar-refractivity contribution in [3.8, 4) is 10.6 Å². The maximum Gasteiger partial charge on any atom is 0.410 e. The van der Waals surface area contributed by atoms with Gasteiger partial charge in [-0.1, -0.05) is 23.7 Å². The lowest BCUT2D eigenvalue weighted by molar-refractivity contribution is -0.115. The second-order valence-electron chi connectivity index (χ2n) is 8.17. The lowest BCUT2D eigenvalue weighted by atomic mass is 10.0. The van der Waals surface area contributed by atoms with E-state index in [0.717, 1.165) is 41.1 Å². The molecule has 0 fully saturated rings. The Morgan fingerprint density at radius 1 is 1.17 bits per heavy atom. The van der Waals surface area contributed by atoms with Crippen molar-refractivity contribution in [1.29, 1.82) is 0 Å². The first kappa shape index (κ1) is 25.1. The number of para-hydroxylation sites is 1. The Bertz CT molecular complexity index is 1370. The van der Waals surface area contributed by atoms with Crippen molar-refractivity contribution in [2.24, 2.45) is 0 Å². The molecule has 0 saturated heterocycles. The van der Waals surface area contributed by atoms with Crippen LogP contribution in [0.4, 0.5) is 9.80 Å². The molecule has 1 aliphatic rings. The summed E-state index contributed by atoms with van der Waals surface area (Å²) in [6, 6.07) is 15.7. The van der Waals surface area contributed by atoms with Gasteiger partial charge in [0, 0.05) is 39.1 Å². The van der Waals surface area contributed by atoms with Crippen LogP contribution in [0.15, 0.2) is 53.4 Å². The number of nitrogens with one attached hydrogen (secondary N) is 1. The molecule has 0 aliphatic carbocycles. The Morgan fingerprint density at radius 3 is 2.75 bits per heavy atom. The zero-order valence-corrected chi connectivity index (χ0v) is 22.8. The minimum Gasteiger partial charge on any atom is -0.450 e. The summed E-state index contributed by atoms with van der Waals surface area (Å²) in [6.07, 6.45) is 0.769. The van der Waals surface area contributed by atoms with Crippen LogP contribution in [-0.4, -0.2) is 40.8 Å². The van der Waals surface area contributed by atoms with Crippen LogP contribution in [0, 0.1) is 0 Å². The quantitative estimate of drug-likeness (QED) is 0.241. The summed E-state index contributed by atoms with van der Waals surface area (Å²) in [5.41, 5.74) is 3.09. The minimum atomic E-state index is -0.303. The SMILES string of the molecule is CCOC(=O)N1CCc2c(sc(NC(=O)CCSc3ccc(Cl)cc3)c2-c2nc3ccccc3s2)C1. The number of carbonyl (C=O) groups excluding carboxylic acids is 2. The van der Waals surface area contributed by atoms with Crippen LogP contribution in [0.1, 0.15) is 23.8 Å². The maximum absolute atomic E-state index is 12.9. The van der Waals surface area contributed by atoms with Crippen LogP contribution in [0.3, 0.4) is 0 Å². The van der Waals surface area contributed by atoms with Crippen molar-refractivity contribution in [1.82, 2.24) is 9.88 Å². The summed E-state index contributed by atoms with van der Waals surface area (Å²) in [5, 5.41) is 5.54. The van der Waals surface area contributed by atoms with Crippen molar-refractivity contribution in [2.45, 2.75) is 31.2 Å². The molecule has 4 aromatic rings. The van der Waals surface area contributed by atoms with Crippen LogP contribution in [-0.2, 0) is 22.5 Å². The number of ether oxygens (including phenoxy) is 1. The van der Waals surface area contributed by atoms with E-state index in [0.29, 0.717) is 43.3 Å². The highest BCUT2D eigenvalue weighted by Gasteiger charge is 2.30. The number of anilines is 1. The number of hydrogen-bond acceptors (Lipinski definition) is 7. The van der Waals surface area contributed by atoms with E-state index in [1.807, 2.05) is 49.4 Å². The lowest BCUT2D eigenvalue weighted by Crippen LogP contribution is -2.35. The van der Waals surface area contributed by atoms with Gasteiger partial charge in [-0.05, 0) is 55.3 Å². The predicted octanol–water partition coefficient (Wildman–Crippen LogP) is 7.31. The normalized spacial score (nSPS) is 13.0. The van der Waals surface area contributed by atoms with Gasteiger partial charge in [0.05, 0.1) is 23.4 Å². The van der Waals surface area contributed by atoms with Gasteiger partial charge in [0.15, 0.2) is 0 Å². The van der Waals surface area contributed by atoms with Crippen molar-refractivity contribution in [3.63, 3.8) is 0 Å². The molecule has 36 heavy (non-hydrogen) atoms. The highest BCUT2D eigenvalue weighted by molar-refractivity contribution is 7.99. The fourth-order valence-electron chi connectivity index (χ4n) is 4.05. The molecule has 6 nitrogen and oxygen atoms in total.